The predicted octanol–water partition coefficient (Wildman–Crippen LogP) is 6.46. The maximum atomic E-state index is 13.2. The molecule has 1 nitrogen and oxygen atoms in total. The van der Waals surface area contributed by atoms with Crippen LogP contribution in [0.1, 0.15) is 24.9 Å². The van der Waals surface area contributed by atoms with E-state index in [1.807, 2.05) is 12.1 Å². The van der Waals surface area contributed by atoms with Crippen LogP contribution in [0.15, 0.2) is 40.9 Å². The molecule has 1 unspecified atom stereocenters. The van der Waals surface area contributed by atoms with Crippen molar-refractivity contribution >= 4 is 44.8 Å². The van der Waals surface area contributed by atoms with Crippen molar-refractivity contribution in [3.05, 3.63) is 62.3 Å². The van der Waals surface area contributed by atoms with Crippen molar-refractivity contribution in [2.45, 2.75) is 19.4 Å². The summed E-state index contributed by atoms with van der Waals surface area (Å²) in [5.74, 6) is -0.280. The molecule has 2 aromatic rings. The molecular formula is C15H13BrCl2FN. The number of hydrogen-bond acceptors (Lipinski definition) is 1. The van der Waals surface area contributed by atoms with Crippen LogP contribution in [0.2, 0.25) is 10.0 Å². The second-order valence-corrected chi connectivity index (χ2v) is 6.08. The molecule has 0 aliphatic rings. The van der Waals surface area contributed by atoms with Crippen LogP contribution in [0.3, 0.4) is 0 Å². The Morgan fingerprint density at radius 2 is 1.90 bits per heavy atom. The lowest BCUT2D eigenvalue weighted by Gasteiger charge is -2.19. The van der Waals surface area contributed by atoms with Crippen LogP contribution in [0, 0.1) is 5.82 Å². The standard InChI is InChI=1S/C15H13BrCl2FN/c1-2-15(9-3-5-12(17)13(18)7-9)20-10-4-6-14(19)11(16)8-10/h3-8,15,20H,2H2,1H3. The highest BCUT2D eigenvalue weighted by Crippen LogP contribution is 2.30. The summed E-state index contributed by atoms with van der Waals surface area (Å²) in [4.78, 5) is 0. The smallest absolute Gasteiger partial charge is 0.137 e. The second-order valence-electron chi connectivity index (χ2n) is 4.41. The van der Waals surface area contributed by atoms with Crippen LogP contribution < -0.4 is 5.32 Å². The molecule has 106 valence electrons. The Morgan fingerprint density at radius 1 is 1.15 bits per heavy atom. The molecule has 20 heavy (non-hydrogen) atoms. The van der Waals surface area contributed by atoms with Crippen LogP contribution in [-0.4, -0.2) is 0 Å². The largest absolute Gasteiger partial charge is 0.378 e. The number of halogens is 4. The van der Waals surface area contributed by atoms with Gasteiger partial charge in [-0.2, -0.15) is 0 Å². The van der Waals surface area contributed by atoms with Gasteiger partial charge >= 0.3 is 0 Å². The average Bonchev–Trinajstić information content (AvgIpc) is 2.43. The first-order valence-corrected chi connectivity index (χ1v) is 7.72. The Balaban J connectivity index is 2.23. The Kier molecular flexibility index (Phi) is 5.30. The van der Waals surface area contributed by atoms with E-state index >= 15 is 0 Å². The van der Waals surface area contributed by atoms with Gasteiger partial charge in [-0.05, 0) is 58.2 Å². The van der Waals surface area contributed by atoms with Gasteiger partial charge in [0.15, 0.2) is 0 Å². The van der Waals surface area contributed by atoms with E-state index in [1.54, 1.807) is 18.2 Å². The summed E-state index contributed by atoms with van der Waals surface area (Å²) in [6.45, 7) is 2.07. The first-order chi connectivity index (χ1) is 9.51. The van der Waals surface area contributed by atoms with Crippen molar-refractivity contribution < 1.29 is 4.39 Å². The zero-order valence-corrected chi connectivity index (χ0v) is 13.9. The van der Waals surface area contributed by atoms with Crippen molar-refractivity contribution in [3.63, 3.8) is 0 Å². The van der Waals surface area contributed by atoms with Crippen molar-refractivity contribution in [3.8, 4) is 0 Å². The molecule has 0 heterocycles. The molecule has 0 aliphatic carbocycles. The molecule has 2 aromatic carbocycles. The number of benzene rings is 2. The first-order valence-electron chi connectivity index (χ1n) is 6.17. The summed E-state index contributed by atoms with van der Waals surface area (Å²) in [7, 11) is 0. The number of rotatable bonds is 4. The fraction of sp³-hybridized carbons (Fsp3) is 0.200. The Labute approximate surface area is 136 Å². The van der Waals surface area contributed by atoms with E-state index in [9.17, 15) is 4.39 Å². The highest BCUT2D eigenvalue weighted by molar-refractivity contribution is 9.10. The third kappa shape index (κ3) is 3.66. The fourth-order valence-corrected chi connectivity index (χ4v) is 2.62. The van der Waals surface area contributed by atoms with E-state index in [1.165, 1.54) is 6.07 Å². The van der Waals surface area contributed by atoms with Gasteiger partial charge in [0.1, 0.15) is 5.82 Å². The maximum absolute atomic E-state index is 13.2. The van der Waals surface area contributed by atoms with Crippen LogP contribution in [0.5, 0.6) is 0 Å². The fourth-order valence-electron chi connectivity index (χ4n) is 1.94. The molecular weight excluding hydrogens is 364 g/mol. The number of anilines is 1. The van der Waals surface area contributed by atoms with Crippen molar-refractivity contribution in [1.29, 1.82) is 0 Å². The molecule has 0 aliphatic heterocycles. The summed E-state index contributed by atoms with van der Waals surface area (Å²) in [5.41, 5.74) is 1.89. The third-order valence-electron chi connectivity index (χ3n) is 3.01. The lowest BCUT2D eigenvalue weighted by molar-refractivity contribution is 0.621. The van der Waals surface area contributed by atoms with E-state index in [-0.39, 0.29) is 11.9 Å². The van der Waals surface area contributed by atoms with Crippen molar-refractivity contribution in [2.24, 2.45) is 0 Å². The summed E-state index contributed by atoms with van der Waals surface area (Å²) in [5, 5.41) is 4.43. The lowest BCUT2D eigenvalue weighted by Crippen LogP contribution is -2.09. The van der Waals surface area contributed by atoms with Gasteiger partial charge in [-0.1, -0.05) is 36.2 Å². The topological polar surface area (TPSA) is 12.0 Å². The highest BCUT2D eigenvalue weighted by Gasteiger charge is 2.11. The minimum atomic E-state index is -0.280. The molecule has 5 heteroatoms. The highest BCUT2D eigenvalue weighted by atomic mass is 79.9. The van der Waals surface area contributed by atoms with Gasteiger partial charge in [0.2, 0.25) is 0 Å². The van der Waals surface area contributed by atoms with E-state index in [0.717, 1.165) is 17.7 Å². The van der Waals surface area contributed by atoms with Crippen LogP contribution in [0.4, 0.5) is 10.1 Å². The molecule has 1 N–H and O–H groups in total. The molecule has 2 rings (SSSR count). The van der Waals surface area contributed by atoms with E-state index < -0.39 is 0 Å². The molecule has 0 spiro atoms. The van der Waals surface area contributed by atoms with E-state index in [4.69, 9.17) is 23.2 Å². The van der Waals surface area contributed by atoms with E-state index in [2.05, 4.69) is 28.2 Å². The summed E-state index contributed by atoms with van der Waals surface area (Å²) >= 11 is 15.2. The van der Waals surface area contributed by atoms with Crippen molar-refractivity contribution in [2.75, 3.05) is 5.32 Å². The zero-order valence-electron chi connectivity index (χ0n) is 10.8. The van der Waals surface area contributed by atoms with Gasteiger partial charge in [0.25, 0.3) is 0 Å². The zero-order chi connectivity index (χ0) is 14.7. The van der Waals surface area contributed by atoms with Crippen LogP contribution in [0.25, 0.3) is 0 Å². The molecule has 0 radical (unpaired) electrons. The third-order valence-corrected chi connectivity index (χ3v) is 4.36. The van der Waals surface area contributed by atoms with Gasteiger partial charge in [-0.3, -0.25) is 0 Å². The minimum absolute atomic E-state index is 0.0853. The summed E-state index contributed by atoms with van der Waals surface area (Å²) < 4.78 is 13.7. The summed E-state index contributed by atoms with van der Waals surface area (Å²) in [6, 6.07) is 10.5. The predicted molar refractivity (Wildman–Crippen MR) is 87.2 cm³/mol. The van der Waals surface area contributed by atoms with Gasteiger partial charge in [-0.15, -0.1) is 0 Å². The molecule has 0 fully saturated rings. The van der Waals surface area contributed by atoms with Crippen LogP contribution in [-0.2, 0) is 0 Å². The lowest BCUT2D eigenvalue weighted by atomic mass is 10.0. The van der Waals surface area contributed by atoms with Gasteiger partial charge in [0, 0.05) is 5.69 Å². The van der Waals surface area contributed by atoms with Crippen LogP contribution >= 0.6 is 39.1 Å². The molecule has 0 amide bonds. The molecule has 1 atom stereocenters. The molecule has 0 saturated heterocycles. The molecule has 0 aromatic heterocycles. The Bertz CT molecular complexity index is 619. The van der Waals surface area contributed by atoms with E-state index in [0.29, 0.717) is 14.5 Å². The Hall–Kier alpha value is -0.770. The average molecular weight is 377 g/mol. The van der Waals surface area contributed by atoms with Gasteiger partial charge in [-0.25, -0.2) is 4.39 Å². The van der Waals surface area contributed by atoms with Crippen molar-refractivity contribution in [1.82, 2.24) is 0 Å². The molecule has 0 bridgehead atoms. The van der Waals surface area contributed by atoms with Gasteiger partial charge < -0.3 is 5.32 Å². The van der Waals surface area contributed by atoms with Gasteiger partial charge in [0.05, 0.1) is 20.6 Å². The first kappa shape index (κ1) is 15.6. The SMILES string of the molecule is CCC(Nc1ccc(F)c(Br)c1)c1ccc(Cl)c(Cl)c1. The summed E-state index contributed by atoms with van der Waals surface area (Å²) in [6.07, 6.45) is 0.868. The number of nitrogens with one attached hydrogen (secondary N) is 1. The number of hydrogen-bond donors (Lipinski definition) is 1. The quantitative estimate of drug-likeness (QED) is 0.645. The minimum Gasteiger partial charge on any atom is -0.378 e. The maximum Gasteiger partial charge on any atom is 0.137 e. The normalized spacial score (nSPS) is 12.2. The molecule has 0 saturated carbocycles. The second kappa shape index (κ2) is 6.79. The monoisotopic (exact) mass is 375 g/mol. The Morgan fingerprint density at radius 3 is 2.50 bits per heavy atom.